The fraction of sp³-hybridized carbons (Fsp3) is 1.00. The summed E-state index contributed by atoms with van der Waals surface area (Å²) in [5.74, 6) is 0.838. The molecular weight excluding hydrogens is 546 g/mol. The van der Waals surface area contributed by atoms with Gasteiger partial charge in [-0.25, -0.2) is 0 Å². The maximum atomic E-state index is 6.11. The first-order valence-electron chi connectivity index (χ1n) is 19.8. The molecule has 0 aromatic carbocycles. The quantitative estimate of drug-likeness (QED) is 0.0365. The zero-order chi connectivity index (χ0) is 30.7. The van der Waals surface area contributed by atoms with Crippen molar-refractivity contribution in [1.29, 1.82) is 0 Å². The molecule has 0 aliphatic heterocycles. The lowest BCUT2D eigenvalue weighted by molar-refractivity contribution is -0.802. The van der Waals surface area contributed by atoms with Crippen molar-refractivity contribution in [3.63, 3.8) is 0 Å². The molecule has 252 valence electrons. The van der Waals surface area contributed by atoms with Crippen molar-refractivity contribution >= 4 is 21.3 Å². The van der Waals surface area contributed by atoms with Crippen molar-refractivity contribution in [2.75, 3.05) is 26.0 Å². The lowest BCUT2D eigenvalue weighted by atomic mass is 10.0. The molecule has 0 rings (SSSR count). The summed E-state index contributed by atoms with van der Waals surface area (Å²) in [6, 6.07) is 1.20. The van der Waals surface area contributed by atoms with Crippen LogP contribution in [0.25, 0.3) is 0 Å². The first kappa shape index (κ1) is 42.5. The number of unbranched alkanes of at least 4 members (excludes halogenated alkanes) is 30. The van der Waals surface area contributed by atoms with Gasteiger partial charge in [-0.1, -0.05) is 194 Å². The van der Waals surface area contributed by atoms with Crippen molar-refractivity contribution in [1.82, 2.24) is 0 Å². The maximum absolute atomic E-state index is 6.11. The summed E-state index contributed by atoms with van der Waals surface area (Å²) in [4.78, 5) is 0. The largest absolute Gasteiger partial charge is 0.392 e. The zero-order valence-electron chi connectivity index (χ0n) is 29.8. The minimum absolute atomic E-state index is 0.838. The van der Waals surface area contributed by atoms with Crippen molar-refractivity contribution in [2.24, 2.45) is 0 Å². The summed E-state index contributed by atoms with van der Waals surface area (Å²) in [6.45, 7) is 7.38. The smallest absolute Gasteiger partial charge is 0.382 e. The fourth-order valence-electron chi connectivity index (χ4n) is 6.60. The van der Waals surface area contributed by atoms with E-state index in [0.717, 1.165) is 15.6 Å². The zero-order valence-corrected chi connectivity index (χ0v) is 31.5. The molecule has 0 aromatic rings. The normalized spacial score (nSPS) is 12.0. The molecule has 0 saturated heterocycles. The van der Waals surface area contributed by atoms with Crippen LogP contribution in [0.1, 0.15) is 219 Å². The fourth-order valence-corrected chi connectivity index (χ4v) is 8.11. The number of hydrogen-bond acceptors (Lipinski definition) is 0. The predicted molar refractivity (Wildman–Crippen MR) is 196 cm³/mol. The average molecular weight is 628 g/mol. The Morgan fingerprint density at radius 2 is 0.571 bits per heavy atom. The summed E-state index contributed by atoms with van der Waals surface area (Å²) in [5.41, 5.74) is 0. The van der Waals surface area contributed by atoms with E-state index in [9.17, 15) is 0 Å². The second kappa shape index (κ2) is 35.9. The predicted octanol–water partition coefficient (Wildman–Crippen LogP) is 14.2. The van der Waals surface area contributed by atoms with Gasteiger partial charge in [0.15, 0.2) is 0 Å². The molecule has 1 nitrogen and oxygen atoms in total. The first-order chi connectivity index (χ1) is 20.7. The Hall–Kier alpha value is 0.467. The Morgan fingerprint density at radius 1 is 0.357 bits per heavy atom. The van der Waals surface area contributed by atoms with Crippen LogP contribution in [-0.2, 0) is 0 Å². The van der Waals surface area contributed by atoms with Gasteiger partial charge in [-0.3, -0.25) is 0 Å². The standard InChI is InChI=1S/C39H81ClNSi/c1-4-6-8-10-12-14-16-18-20-22-24-26-28-30-32-34-37-41(3,42-39-36-40)38-35-33-31-29-27-25-23-21-19-17-15-13-11-9-7-5-2/h4-39H2,1-3H3/q+1. The highest BCUT2D eigenvalue weighted by Crippen LogP contribution is 2.17. The van der Waals surface area contributed by atoms with Crippen LogP contribution in [0.3, 0.4) is 0 Å². The van der Waals surface area contributed by atoms with Crippen LogP contribution in [0.4, 0.5) is 0 Å². The first-order valence-corrected chi connectivity index (χ1v) is 21.5. The van der Waals surface area contributed by atoms with Gasteiger partial charge in [0, 0.05) is 11.9 Å². The van der Waals surface area contributed by atoms with Gasteiger partial charge < -0.3 is 4.15 Å². The van der Waals surface area contributed by atoms with Crippen LogP contribution in [-0.4, -0.2) is 39.8 Å². The molecule has 0 bridgehead atoms. The monoisotopic (exact) mass is 627 g/mol. The molecule has 0 amide bonds. The molecule has 3 heteroatoms. The number of alkyl halides is 1. The van der Waals surface area contributed by atoms with E-state index in [4.69, 9.17) is 11.6 Å². The number of rotatable bonds is 37. The van der Waals surface area contributed by atoms with Crippen molar-refractivity contribution in [2.45, 2.75) is 225 Å². The van der Waals surface area contributed by atoms with Gasteiger partial charge in [-0.05, 0) is 25.7 Å². The van der Waals surface area contributed by atoms with E-state index < -0.39 is 0 Å². The van der Waals surface area contributed by atoms with Crippen LogP contribution < -0.4 is 0 Å². The van der Waals surface area contributed by atoms with Gasteiger partial charge in [0.05, 0.1) is 20.1 Å². The second-order valence-corrected chi connectivity index (χ2v) is 16.3. The average Bonchev–Trinajstić information content (AvgIpc) is 2.99. The van der Waals surface area contributed by atoms with Crippen LogP contribution in [0.2, 0.25) is 6.04 Å². The maximum Gasteiger partial charge on any atom is 0.392 e. The molecule has 0 spiro atoms. The van der Waals surface area contributed by atoms with Crippen molar-refractivity contribution in [3.8, 4) is 0 Å². The lowest BCUT2D eigenvalue weighted by Crippen LogP contribution is -2.48. The van der Waals surface area contributed by atoms with Gasteiger partial charge in [-0.15, -0.1) is 11.6 Å². The van der Waals surface area contributed by atoms with E-state index >= 15 is 0 Å². The molecule has 0 heterocycles. The number of quaternary nitrogens is 1. The molecule has 0 N–H and O–H groups in total. The summed E-state index contributed by atoms with van der Waals surface area (Å²) < 4.78 is 1.30. The second-order valence-electron chi connectivity index (χ2n) is 14.0. The van der Waals surface area contributed by atoms with Crippen LogP contribution >= 0.6 is 11.6 Å². The van der Waals surface area contributed by atoms with E-state index in [2.05, 4.69) is 20.9 Å². The number of hydrogen-bond donors (Lipinski definition) is 0. The van der Waals surface area contributed by atoms with Crippen molar-refractivity contribution < 1.29 is 4.15 Å². The lowest BCUT2D eigenvalue weighted by Gasteiger charge is -2.34. The molecule has 0 aliphatic rings. The van der Waals surface area contributed by atoms with Gasteiger partial charge in [0.2, 0.25) is 0 Å². The Kier molecular flexibility index (Phi) is 36.3. The number of halogens is 1. The van der Waals surface area contributed by atoms with E-state index in [1.54, 1.807) is 0 Å². The molecule has 0 fully saturated rings. The van der Waals surface area contributed by atoms with E-state index in [1.807, 2.05) is 0 Å². The van der Waals surface area contributed by atoms with E-state index in [-0.39, 0.29) is 0 Å². The molecule has 0 unspecified atom stereocenters. The van der Waals surface area contributed by atoms with Gasteiger partial charge in [0.1, 0.15) is 0 Å². The Balaban J connectivity index is 3.58. The van der Waals surface area contributed by atoms with Gasteiger partial charge >= 0.3 is 9.68 Å². The topological polar surface area (TPSA) is 0 Å². The molecule has 42 heavy (non-hydrogen) atoms. The van der Waals surface area contributed by atoms with Crippen LogP contribution in [0, 0.1) is 0 Å². The highest BCUT2D eigenvalue weighted by Gasteiger charge is 2.22. The molecule has 0 aromatic heterocycles. The minimum Gasteiger partial charge on any atom is -0.382 e. The third kappa shape index (κ3) is 33.4. The van der Waals surface area contributed by atoms with E-state index in [1.165, 1.54) is 229 Å². The summed E-state index contributed by atoms with van der Waals surface area (Å²) in [5, 5.41) is 0. The van der Waals surface area contributed by atoms with Gasteiger partial charge in [-0.2, -0.15) is 0 Å². The highest BCUT2D eigenvalue weighted by molar-refractivity contribution is 6.30. The number of nitrogens with zero attached hydrogens (tertiary/aromatic N) is 1. The highest BCUT2D eigenvalue weighted by atomic mass is 35.5. The summed E-state index contributed by atoms with van der Waals surface area (Å²) in [6.07, 6.45) is 46.6. The van der Waals surface area contributed by atoms with Crippen LogP contribution in [0.15, 0.2) is 0 Å². The third-order valence-corrected chi connectivity index (χ3v) is 11.8. The van der Waals surface area contributed by atoms with Gasteiger partial charge in [0.25, 0.3) is 0 Å². The van der Waals surface area contributed by atoms with Crippen molar-refractivity contribution in [3.05, 3.63) is 0 Å². The Labute approximate surface area is 276 Å². The molecule has 0 atom stereocenters. The molecule has 2 radical (unpaired) electrons. The molecular formula is C39H81ClNSi+. The summed E-state index contributed by atoms with van der Waals surface area (Å²) >= 11 is 6.11. The van der Waals surface area contributed by atoms with E-state index in [0.29, 0.717) is 0 Å². The Morgan fingerprint density at radius 3 is 0.786 bits per heavy atom. The Bertz CT molecular complexity index is 449. The molecule has 0 aliphatic carbocycles. The SMILES string of the molecule is CCCCCCCCCCCCCCCCCC[N+](C)(CCCCCCCCCCCCCCCCCC)[Si]CCCl. The molecule has 0 saturated carbocycles. The third-order valence-electron chi connectivity index (χ3n) is 9.60. The minimum atomic E-state index is 0.838. The summed E-state index contributed by atoms with van der Waals surface area (Å²) in [7, 11) is 3.53. The van der Waals surface area contributed by atoms with Crippen LogP contribution in [0.5, 0.6) is 0 Å².